The molecular formula is C23H28N4. The molecule has 140 valence electrons. The lowest BCUT2D eigenvalue weighted by atomic mass is 9.96. The predicted molar refractivity (Wildman–Crippen MR) is 112 cm³/mol. The summed E-state index contributed by atoms with van der Waals surface area (Å²) in [4.78, 5) is 5.12. The van der Waals surface area contributed by atoms with Crippen LogP contribution in [0.15, 0.2) is 72.9 Å². The molecule has 0 N–H and O–H groups in total. The average Bonchev–Trinajstić information content (AvgIpc) is 3.23. The van der Waals surface area contributed by atoms with E-state index >= 15 is 0 Å². The number of rotatable bonds is 4. The molecule has 1 fully saturated rings. The molecular weight excluding hydrogens is 332 g/mol. The normalized spacial score (nSPS) is 22.6. The lowest BCUT2D eigenvalue weighted by molar-refractivity contribution is 0.454. The maximum absolute atomic E-state index is 4.45. The van der Waals surface area contributed by atoms with Crippen molar-refractivity contribution < 1.29 is 0 Å². The van der Waals surface area contributed by atoms with Crippen molar-refractivity contribution in [1.82, 2.24) is 9.78 Å². The molecule has 1 aromatic heterocycles. The number of aryl methyl sites for hydroxylation is 1. The summed E-state index contributed by atoms with van der Waals surface area (Å²) in [7, 11) is 2.03. The van der Waals surface area contributed by atoms with Crippen LogP contribution in [0.2, 0.25) is 0 Å². The average molecular weight is 361 g/mol. The van der Waals surface area contributed by atoms with Gasteiger partial charge in [-0.15, -0.1) is 0 Å². The molecule has 1 saturated heterocycles. The molecule has 0 bridgehead atoms. The molecule has 3 atom stereocenters. The van der Waals surface area contributed by atoms with E-state index in [2.05, 4.69) is 102 Å². The van der Waals surface area contributed by atoms with Crippen LogP contribution in [0.3, 0.4) is 0 Å². The first-order valence-corrected chi connectivity index (χ1v) is 9.74. The minimum Gasteiger partial charge on any atom is -0.342 e. The topological polar surface area (TPSA) is 24.3 Å². The van der Waals surface area contributed by atoms with Crippen LogP contribution in [0.1, 0.15) is 32.5 Å². The van der Waals surface area contributed by atoms with Crippen molar-refractivity contribution in [2.75, 3.05) is 9.80 Å². The Morgan fingerprint density at radius 1 is 0.852 bits per heavy atom. The van der Waals surface area contributed by atoms with E-state index in [4.69, 9.17) is 0 Å². The van der Waals surface area contributed by atoms with Crippen molar-refractivity contribution >= 4 is 11.5 Å². The minimum atomic E-state index is 0.131. The van der Waals surface area contributed by atoms with Gasteiger partial charge >= 0.3 is 0 Å². The van der Waals surface area contributed by atoms with E-state index in [9.17, 15) is 0 Å². The van der Waals surface area contributed by atoms with E-state index < -0.39 is 0 Å². The molecule has 0 radical (unpaired) electrons. The number of hydrogen-bond acceptors (Lipinski definition) is 3. The summed E-state index contributed by atoms with van der Waals surface area (Å²) in [5.74, 6) is 1.67. The number of benzene rings is 2. The third-order valence-electron chi connectivity index (χ3n) is 5.68. The molecule has 2 heterocycles. The smallest absolute Gasteiger partial charge is 0.130 e. The van der Waals surface area contributed by atoms with Gasteiger partial charge in [-0.05, 0) is 30.5 Å². The zero-order valence-electron chi connectivity index (χ0n) is 16.5. The molecule has 4 nitrogen and oxygen atoms in total. The molecule has 0 amide bonds. The molecule has 2 unspecified atom stereocenters. The zero-order valence-corrected chi connectivity index (χ0v) is 16.5. The molecule has 0 spiro atoms. The van der Waals surface area contributed by atoms with Gasteiger partial charge in [-0.1, -0.05) is 62.4 Å². The Bertz CT molecular complexity index is 872. The van der Waals surface area contributed by atoms with Crippen LogP contribution in [0.25, 0.3) is 0 Å². The largest absolute Gasteiger partial charge is 0.342 e. The summed E-state index contributed by atoms with van der Waals surface area (Å²) >= 11 is 0. The van der Waals surface area contributed by atoms with Crippen molar-refractivity contribution in [3.63, 3.8) is 0 Å². The second kappa shape index (κ2) is 7.10. The fourth-order valence-corrected chi connectivity index (χ4v) is 4.61. The minimum absolute atomic E-state index is 0.131. The third-order valence-corrected chi connectivity index (χ3v) is 5.68. The van der Waals surface area contributed by atoms with E-state index in [0.717, 1.165) is 5.82 Å². The first kappa shape index (κ1) is 17.7. The maximum Gasteiger partial charge on any atom is 0.130 e. The summed E-state index contributed by atoms with van der Waals surface area (Å²) < 4.78 is 1.98. The van der Waals surface area contributed by atoms with Gasteiger partial charge in [0.2, 0.25) is 0 Å². The van der Waals surface area contributed by atoms with Crippen molar-refractivity contribution in [2.24, 2.45) is 13.0 Å². The summed E-state index contributed by atoms with van der Waals surface area (Å²) in [6, 6.07) is 24.5. The van der Waals surface area contributed by atoms with Crippen molar-refractivity contribution in [3.05, 3.63) is 78.5 Å². The lowest BCUT2D eigenvalue weighted by Gasteiger charge is -2.35. The van der Waals surface area contributed by atoms with E-state index in [1.165, 1.54) is 11.3 Å². The molecule has 0 aliphatic carbocycles. The van der Waals surface area contributed by atoms with Crippen LogP contribution < -0.4 is 9.80 Å². The van der Waals surface area contributed by atoms with Gasteiger partial charge in [0.05, 0.1) is 18.3 Å². The summed E-state index contributed by atoms with van der Waals surface area (Å²) in [5.41, 5.74) is 2.57. The van der Waals surface area contributed by atoms with E-state index in [1.54, 1.807) is 0 Å². The molecule has 27 heavy (non-hydrogen) atoms. The van der Waals surface area contributed by atoms with Crippen LogP contribution in [-0.4, -0.2) is 21.9 Å². The second-order valence-corrected chi connectivity index (χ2v) is 7.72. The Kier molecular flexibility index (Phi) is 4.65. The predicted octanol–water partition coefficient (Wildman–Crippen LogP) is 4.86. The summed E-state index contributed by atoms with van der Waals surface area (Å²) in [6.45, 7) is 6.99. The number of hydrogen-bond donors (Lipinski definition) is 0. The van der Waals surface area contributed by atoms with Gasteiger partial charge in [-0.25, -0.2) is 0 Å². The molecule has 3 aromatic rings. The van der Waals surface area contributed by atoms with Crippen LogP contribution in [0.5, 0.6) is 0 Å². The Balaban J connectivity index is 1.92. The number of para-hydroxylation sites is 1. The van der Waals surface area contributed by atoms with Gasteiger partial charge in [0.15, 0.2) is 0 Å². The van der Waals surface area contributed by atoms with Crippen LogP contribution in [0, 0.1) is 5.92 Å². The third kappa shape index (κ3) is 2.99. The monoisotopic (exact) mass is 360 g/mol. The van der Waals surface area contributed by atoms with E-state index in [1.807, 2.05) is 17.9 Å². The molecule has 0 saturated carbocycles. The van der Waals surface area contributed by atoms with Gasteiger partial charge in [0.1, 0.15) is 12.0 Å². The highest BCUT2D eigenvalue weighted by Crippen LogP contribution is 2.45. The van der Waals surface area contributed by atoms with Gasteiger partial charge in [-0.2, -0.15) is 5.10 Å². The second-order valence-electron chi connectivity index (χ2n) is 7.72. The first-order chi connectivity index (χ1) is 13.1. The van der Waals surface area contributed by atoms with Crippen LogP contribution in [-0.2, 0) is 7.05 Å². The summed E-state index contributed by atoms with van der Waals surface area (Å²) in [5, 5.41) is 4.45. The first-order valence-electron chi connectivity index (χ1n) is 9.74. The number of aromatic nitrogens is 2. The standard InChI is InChI=1S/C23H28N4/c1-17(2)22-18(3)26(21-15-16-24-25(21)4)23(19-11-7-5-8-12-19)27(22)20-13-9-6-10-14-20/h5-18,22-23H,1-4H3/t18-,22?,23?/m0/s1. The Morgan fingerprint density at radius 3 is 2.04 bits per heavy atom. The highest BCUT2D eigenvalue weighted by Gasteiger charge is 2.47. The molecule has 1 aliphatic heterocycles. The molecule has 4 heteroatoms. The van der Waals surface area contributed by atoms with E-state index in [0.29, 0.717) is 18.0 Å². The van der Waals surface area contributed by atoms with Gasteiger partial charge in [0.25, 0.3) is 0 Å². The molecule has 1 aliphatic rings. The maximum atomic E-state index is 4.45. The van der Waals surface area contributed by atoms with Gasteiger partial charge in [-0.3, -0.25) is 4.68 Å². The van der Waals surface area contributed by atoms with Crippen molar-refractivity contribution in [2.45, 2.75) is 39.0 Å². The number of nitrogens with zero attached hydrogens (tertiary/aromatic N) is 4. The highest BCUT2D eigenvalue weighted by molar-refractivity contribution is 5.59. The Morgan fingerprint density at radius 2 is 1.48 bits per heavy atom. The van der Waals surface area contributed by atoms with Crippen LogP contribution in [0.4, 0.5) is 11.5 Å². The fraction of sp³-hybridized carbons (Fsp3) is 0.348. The fourth-order valence-electron chi connectivity index (χ4n) is 4.61. The number of anilines is 2. The van der Waals surface area contributed by atoms with Gasteiger partial charge < -0.3 is 9.80 Å². The van der Waals surface area contributed by atoms with E-state index in [-0.39, 0.29) is 6.17 Å². The zero-order chi connectivity index (χ0) is 19.0. The Labute approximate surface area is 162 Å². The van der Waals surface area contributed by atoms with Crippen molar-refractivity contribution in [1.29, 1.82) is 0 Å². The SMILES string of the molecule is CC(C)C1[C@H](C)N(c2ccnn2C)C(c2ccccc2)N1c1ccccc1. The summed E-state index contributed by atoms with van der Waals surface area (Å²) in [6.07, 6.45) is 2.02. The molecule has 2 aromatic carbocycles. The molecule has 4 rings (SSSR count). The van der Waals surface area contributed by atoms with Crippen LogP contribution >= 0.6 is 0 Å². The van der Waals surface area contributed by atoms with Crippen molar-refractivity contribution in [3.8, 4) is 0 Å². The quantitative estimate of drug-likeness (QED) is 0.664. The lowest BCUT2D eigenvalue weighted by Crippen LogP contribution is -2.40. The van der Waals surface area contributed by atoms with Gasteiger partial charge in [0, 0.05) is 18.8 Å². The Hall–Kier alpha value is -2.75. The highest BCUT2D eigenvalue weighted by atomic mass is 15.5.